The van der Waals surface area contributed by atoms with E-state index in [1.54, 1.807) is 0 Å². The zero-order valence-electron chi connectivity index (χ0n) is 11.8. The molecule has 0 saturated carbocycles. The summed E-state index contributed by atoms with van der Waals surface area (Å²) in [5.74, 6) is 0.990. The topological polar surface area (TPSA) is 61.4 Å². The van der Waals surface area contributed by atoms with E-state index >= 15 is 0 Å². The molecule has 5 heteroatoms. The lowest BCUT2D eigenvalue weighted by molar-refractivity contribution is -0.130. The van der Waals surface area contributed by atoms with Crippen molar-refractivity contribution < 1.29 is 9.59 Å². The molecule has 0 spiro atoms. The maximum Gasteiger partial charge on any atom is 0.222 e. The van der Waals surface area contributed by atoms with Gasteiger partial charge in [0.25, 0.3) is 0 Å². The summed E-state index contributed by atoms with van der Waals surface area (Å²) >= 11 is 0. The zero-order chi connectivity index (χ0) is 13.7. The van der Waals surface area contributed by atoms with Crippen LogP contribution in [0.25, 0.3) is 0 Å². The molecule has 2 amide bonds. The van der Waals surface area contributed by atoms with Gasteiger partial charge >= 0.3 is 0 Å². The molecule has 108 valence electrons. The second kappa shape index (κ2) is 6.89. The highest BCUT2D eigenvalue weighted by atomic mass is 16.2. The number of amides is 2. The average molecular weight is 267 g/mol. The first-order valence-corrected chi connectivity index (χ1v) is 7.47. The Hall–Kier alpha value is -1.10. The van der Waals surface area contributed by atoms with Crippen molar-refractivity contribution >= 4 is 11.8 Å². The molecule has 0 aliphatic carbocycles. The van der Waals surface area contributed by atoms with Crippen LogP contribution in [-0.4, -0.2) is 48.9 Å². The Morgan fingerprint density at radius 3 is 2.89 bits per heavy atom. The van der Waals surface area contributed by atoms with E-state index in [0.717, 1.165) is 32.5 Å². The van der Waals surface area contributed by atoms with Crippen molar-refractivity contribution in [2.45, 2.75) is 45.1 Å². The Kier molecular flexibility index (Phi) is 5.19. The van der Waals surface area contributed by atoms with E-state index in [9.17, 15) is 9.59 Å². The van der Waals surface area contributed by atoms with Gasteiger partial charge in [-0.2, -0.15) is 0 Å². The number of carbonyl (C=O) groups is 2. The monoisotopic (exact) mass is 267 g/mol. The van der Waals surface area contributed by atoms with E-state index in [1.807, 2.05) is 11.8 Å². The van der Waals surface area contributed by atoms with Crippen LogP contribution in [0.15, 0.2) is 0 Å². The van der Waals surface area contributed by atoms with Gasteiger partial charge in [-0.05, 0) is 38.3 Å². The Bertz CT molecular complexity index is 327. The van der Waals surface area contributed by atoms with Crippen LogP contribution in [0.4, 0.5) is 0 Å². The molecule has 2 heterocycles. The molecule has 2 saturated heterocycles. The number of likely N-dealkylation sites (tertiary alicyclic amines) is 1. The molecule has 0 aromatic rings. The molecule has 2 N–H and O–H groups in total. The number of nitrogens with zero attached hydrogens (tertiary/aromatic N) is 1. The van der Waals surface area contributed by atoms with Gasteiger partial charge in [-0.3, -0.25) is 9.59 Å². The molecule has 5 nitrogen and oxygen atoms in total. The zero-order valence-corrected chi connectivity index (χ0v) is 11.8. The summed E-state index contributed by atoms with van der Waals surface area (Å²) in [6.07, 6.45) is 4.22. The summed E-state index contributed by atoms with van der Waals surface area (Å²) in [7, 11) is 0. The Balaban J connectivity index is 1.64. The number of nitrogens with one attached hydrogen (secondary N) is 2. The fourth-order valence-electron chi connectivity index (χ4n) is 2.92. The summed E-state index contributed by atoms with van der Waals surface area (Å²) in [5.41, 5.74) is 0. The van der Waals surface area contributed by atoms with Crippen LogP contribution in [0, 0.1) is 5.92 Å². The summed E-state index contributed by atoms with van der Waals surface area (Å²) in [6.45, 7) is 5.48. The van der Waals surface area contributed by atoms with Crippen molar-refractivity contribution in [1.29, 1.82) is 0 Å². The Morgan fingerprint density at radius 2 is 2.21 bits per heavy atom. The molecule has 2 aliphatic rings. The minimum Gasteiger partial charge on any atom is -0.352 e. The predicted molar refractivity (Wildman–Crippen MR) is 73.6 cm³/mol. The molecule has 2 fully saturated rings. The fourth-order valence-corrected chi connectivity index (χ4v) is 2.92. The van der Waals surface area contributed by atoms with Crippen molar-refractivity contribution in [1.82, 2.24) is 15.5 Å². The summed E-state index contributed by atoms with van der Waals surface area (Å²) in [5, 5.41) is 6.38. The summed E-state index contributed by atoms with van der Waals surface area (Å²) < 4.78 is 0. The molecular weight excluding hydrogens is 242 g/mol. The van der Waals surface area contributed by atoms with Gasteiger partial charge in [0.15, 0.2) is 0 Å². The smallest absolute Gasteiger partial charge is 0.222 e. The van der Waals surface area contributed by atoms with Gasteiger partial charge in [0, 0.05) is 32.0 Å². The lowest BCUT2D eigenvalue weighted by atomic mass is 10.0. The third-order valence-corrected chi connectivity index (χ3v) is 4.15. The van der Waals surface area contributed by atoms with Crippen LogP contribution < -0.4 is 10.6 Å². The molecule has 0 radical (unpaired) electrons. The molecule has 0 aromatic carbocycles. The van der Waals surface area contributed by atoms with Gasteiger partial charge in [0.05, 0.1) is 0 Å². The SMILES string of the molecule is CCC(=O)N1CCC(NC(=O)CCC2CCNC2)C1. The van der Waals surface area contributed by atoms with Gasteiger partial charge in [-0.15, -0.1) is 0 Å². The molecular formula is C14H25N3O2. The predicted octanol–water partition coefficient (Wildman–Crippen LogP) is 0.503. The van der Waals surface area contributed by atoms with E-state index in [1.165, 1.54) is 6.42 Å². The lowest BCUT2D eigenvalue weighted by Gasteiger charge is -2.16. The van der Waals surface area contributed by atoms with Gasteiger partial charge < -0.3 is 15.5 Å². The van der Waals surface area contributed by atoms with Crippen molar-refractivity contribution in [2.24, 2.45) is 5.92 Å². The highest BCUT2D eigenvalue weighted by Gasteiger charge is 2.26. The van der Waals surface area contributed by atoms with Crippen molar-refractivity contribution in [3.05, 3.63) is 0 Å². The third kappa shape index (κ3) is 4.20. The molecule has 19 heavy (non-hydrogen) atoms. The minimum absolute atomic E-state index is 0.141. The van der Waals surface area contributed by atoms with Crippen LogP contribution in [0.3, 0.4) is 0 Å². The van der Waals surface area contributed by atoms with Crippen LogP contribution in [-0.2, 0) is 9.59 Å². The molecule has 2 unspecified atom stereocenters. The second-order valence-corrected chi connectivity index (χ2v) is 5.64. The molecule has 2 aliphatic heterocycles. The highest BCUT2D eigenvalue weighted by molar-refractivity contribution is 5.78. The lowest BCUT2D eigenvalue weighted by Crippen LogP contribution is -2.38. The van der Waals surface area contributed by atoms with Crippen LogP contribution >= 0.6 is 0 Å². The van der Waals surface area contributed by atoms with Gasteiger partial charge in [0.2, 0.25) is 11.8 Å². The van der Waals surface area contributed by atoms with Gasteiger partial charge in [-0.25, -0.2) is 0 Å². The largest absolute Gasteiger partial charge is 0.352 e. The molecule has 0 aromatic heterocycles. The van der Waals surface area contributed by atoms with Crippen LogP contribution in [0.2, 0.25) is 0 Å². The maximum atomic E-state index is 11.9. The fraction of sp³-hybridized carbons (Fsp3) is 0.857. The second-order valence-electron chi connectivity index (χ2n) is 5.64. The average Bonchev–Trinajstić information content (AvgIpc) is 3.06. The molecule has 0 bridgehead atoms. The van der Waals surface area contributed by atoms with Crippen molar-refractivity contribution in [3.63, 3.8) is 0 Å². The first-order valence-electron chi connectivity index (χ1n) is 7.47. The van der Waals surface area contributed by atoms with E-state index in [4.69, 9.17) is 0 Å². The van der Waals surface area contributed by atoms with E-state index in [2.05, 4.69) is 10.6 Å². The molecule has 2 rings (SSSR count). The Labute approximate surface area is 115 Å². The highest BCUT2D eigenvalue weighted by Crippen LogP contribution is 2.15. The number of hydrogen-bond donors (Lipinski definition) is 2. The van der Waals surface area contributed by atoms with Crippen LogP contribution in [0.1, 0.15) is 39.0 Å². The number of rotatable bonds is 5. The Morgan fingerprint density at radius 1 is 1.37 bits per heavy atom. The van der Waals surface area contributed by atoms with Crippen LogP contribution in [0.5, 0.6) is 0 Å². The number of hydrogen-bond acceptors (Lipinski definition) is 3. The first-order chi connectivity index (χ1) is 9.19. The van der Waals surface area contributed by atoms with Gasteiger partial charge in [0.1, 0.15) is 0 Å². The van der Waals surface area contributed by atoms with E-state index in [-0.39, 0.29) is 17.9 Å². The normalized spacial score (nSPS) is 26.7. The van der Waals surface area contributed by atoms with E-state index < -0.39 is 0 Å². The van der Waals surface area contributed by atoms with Gasteiger partial charge in [-0.1, -0.05) is 6.92 Å². The van der Waals surface area contributed by atoms with Crippen molar-refractivity contribution in [3.8, 4) is 0 Å². The number of carbonyl (C=O) groups excluding carboxylic acids is 2. The van der Waals surface area contributed by atoms with Crippen molar-refractivity contribution in [2.75, 3.05) is 26.2 Å². The summed E-state index contributed by atoms with van der Waals surface area (Å²) in [6, 6.07) is 0.157. The quantitative estimate of drug-likeness (QED) is 0.762. The van der Waals surface area contributed by atoms with E-state index in [0.29, 0.717) is 25.3 Å². The first kappa shape index (κ1) is 14.3. The molecule has 2 atom stereocenters. The minimum atomic E-state index is 0.141. The maximum absolute atomic E-state index is 11.9. The third-order valence-electron chi connectivity index (χ3n) is 4.15. The standard InChI is InChI=1S/C14H25N3O2/c1-2-14(19)17-8-6-12(10-17)16-13(18)4-3-11-5-7-15-9-11/h11-12,15H,2-10H2,1H3,(H,16,18). The summed E-state index contributed by atoms with van der Waals surface area (Å²) in [4.78, 5) is 25.3.